The van der Waals surface area contributed by atoms with Crippen LogP contribution in [0.2, 0.25) is 0 Å². The molecule has 1 rings (SSSR count). The quantitative estimate of drug-likeness (QED) is 0.677. The van der Waals surface area contributed by atoms with Crippen LogP contribution in [0.1, 0.15) is 17.3 Å². The number of carbonyl (C=O) groups excluding carboxylic acids is 1. The Bertz CT molecular complexity index is 323. The third-order valence-corrected chi connectivity index (χ3v) is 1.55. The van der Waals surface area contributed by atoms with Gasteiger partial charge in [-0.15, -0.1) is 0 Å². The fourth-order valence-corrected chi connectivity index (χ4v) is 0.892. The van der Waals surface area contributed by atoms with Crippen LogP contribution in [-0.4, -0.2) is 12.6 Å². The second-order valence-electron chi connectivity index (χ2n) is 2.45. The summed E-state index contributed by atoms with van der Waals surface area (Å²) in [5.74, 6) is -1.14. The van der Waals surface area contributed by atoms with E-state index in [2.05, 4.69) is 4.74 Å². The maximum atomic E-state index is 12.8. The summed E-state index contributed by atoms with van der Waals surface area (Å²) in [6.45, 7) is 0.227. The van der Waals surface area contributed by atoms with Crippen LogP contribution in [-0.2, 0) is 0 Å². The number of halogens is 2. The Morgan fingerprint density at radius 1 is 1.54 bits per heavy atom. The topological polar surface area (TPSA) is 26.3 Å². The molecule has 2 nitrogen and oxygen atoms in total. The summed E-state index contributed by atoms with van der Waals surface area (Å²) in [7, 11) is 0. The number of Topliss-reactive ketones (excluding diaryl/α,β-unsaturated/α-hetero) is 1. The fraction of sp³-hybridized carbons (Fsp3) is 0.222. The number of ketones is 1. The Labute approximate surface area is 74.1 Å². The smallest absolute Gasteiger partial charge is 0.228 e. The molecular weight excluding hydrogens is 178 g/mol. The monoisotopic (exact) mass is 186 g/mol. The van der Waals surface area contributed by atoms with Gasteiger partial charge in [0.1, 0.15) is 0 Å². The summed E-state index contributed by atoms with van der Waals surface area (Å²) in [5.41, 5.74) is 0.296. The van der Waals surface area contributed by atoms with Gasteiger partial charge in [-0.1, -0.05) is 0 Å². The number of ether oxygens (including phenoxy) is 1. The summed E-state index contributed by atoms with van der Waals surface area (Å²) >= 11 is 0. The van der Waals surface area contributed by atoms with Crippen LogP contribution in [0.25, 0.3) is 0 Å². The van der Waals surface area contributed by atoms with Crippen LogP contribution in [0.15, 0.2) is 18.2 Å². The zero-order valence-corrected chi connectivity index (χ0v) is 7.01. The molecule has 0 N–H and O–H groups in total. The molecule has 0 amide bonds. The highest BCUT2D eigenvalue weighted by molar-refractivity contribution is 5.94. The van der Waals surface area contributed by atoms with Crippen molar-refractivity contribution < 1.29 is 18.3 Å². The highest BCUT2D eigenvalue weighted by atomic mass is 19.1. The van der Waals surface area contributed by atoms with Gasteiger partial charge in [0.2, 0.25) is 6.86 Å². The fourth-order valence-electron chi connectivity index (χ4n) is 0.892. The third kappa shape index (κ3) is 2.24. The van der Waals surface area contributed by atoms with E-state index in [-0.39, 0.29) is 11.5 Å². The minimum atomic E-state index is -1.11. The minimum absolute atomic E-state index is 0.219. The molecule has 0 aliphatic rings. The maximum Gasteiger partial charge on any atom is 0.228 e. The number of hydrogen-bond acceptors (Lipinski definition) is 2. The summed E-state index contributed by atoms with van der Waals surface area (Å²) in [6, 6.07) is 3.57. The highest BCUT2D eigenvalue weighted by Gasteiger charge is 2.06. The Kier molecular flexibility index (Phi) is 2.95. The molecule has 1 aromatic carbocycles. The van der Waals surface area contributed by atoms with Gasteiger partial charge in [-0.3, -0.25) is 4.79 Å². The van der Waals surface area contributed by atoms with Gasteiger partial charge >= 0.3 is 0 Å². The molecular formula is C9H8F2O2. The molecule has 0 aliphatic heterocycles. The number of alkyl halides is 1. The van der Waals surface area contributed by atoms with Gasteiger partial charge in [-0.2, -0.15) is 0 Å². The van der Waals surface area contributed by atoms with Crippen LogP contribution in [0, 0.1) is 5.82 Å². The number of rotatable bonds is 3. The maximum absolute atomic E-state index is 12.8. The van der Waals surface area contributed by atoms with Crippen molar-refractivity contribution in [1.29, 1.82) is 0 Å². The van der Waals surface area contributed by atoms with E-state index in [0.717, 1.165) is 6.07 Å². The van der Waals surface area contributed by atoms with E-state index in [1.807, 2.05) is 0 Å². The highest BCUT2D eigenvalue weighted by Crippen LogP contribution is 2.18. The molecule has 0 bridgehead atoms. The SMILES string of the molecule is CC(=O)c1ccc(F)c(OCF)c1. The summed E-state index contributed by atoms with van der Waals surface area (Å²) in [6.07, 6.45) is 0. The van der Waals surface area contributed by atoms with E-state index in [4.69, 9.17) is 0 Å². The molecule has 0 saturated heterocycles. The molecule has 0 heterocycles. The van der Waals surface area contributed by atoms with Crippen molar-refractivity contribution in [2.24, 2.45) is 0 Å². The lowest BCUT2D eigenvalue weighted by Gasteiger charge is -2.03. The van der Waals surface area contributed by atoms with Crippen molar-refractivity contribution in [3.63, 3.8) is 0 Å². The molecule has 13 heavy (non-hydrogen) atoms. The van der Waals surface area contributed by atoms with Crippen LogP contribution in [0.5, 0.6) is 5.75 Å². The molecule has 0 aliphatic carbocycles. The largest absolute Gasteiger partial charge is 0.460 e. The average Bonchev–Trinajstić information content (AvgIpc) is 2.08. The first-order valence-electron chi connectivity index (χ1n) is 3.64. The van der Waals surface area contributed by atoms with Crippen molar-refractivity contribution in [3.05, 3.63) is 29.6 Å². The standard InChI is InChI=1S/C9H8F2O2/c1-6(12)7-2-3-8(11)9(4-7)13-5-10/h2-4H,5H2,1H3. The summed E-state index contributed by atoms with van der Waals surface area (Å²) in [5, 5.41) is 0. The Morgan fingerprint density at radius 3 is 2.77 bits per heavy atom. The van der Waals surface area contributed by atoms with Crippen molar-refractivity contribution in [2.45, 2.75) is 6.92 Å². The molecule has 0 unspecified atom stereocenters. The lowest BCUT2D eigenvalue weighted by Crippen LogP contribution is -1.97. The summed E-state index contributed by atoms with van der Waals surface area (Å²) in [4.78, 5) is 10.8. The first-order valence-corrected chi connectivity index (χ1v) is 3.64. The first kappa shape index (κ1) is 9.64. The van der Waals surface area contributed by atoms with Crippen molar-refractivity contribution in [2.75, 3.05) is 6.86 Å². The van der Waals surface area contributed by atoms with E-state index in [9.17, 15) is 13.6 Å². The second kappa shape index (κ2) is 3.98. The minimum Gasteiger partial charge on any atom is -0.460 e. The van der Waals surface area contributed by atoms with Crippen LogP contribution in [0.3, 0.4) is 0 Å². The van der Waals surface area contributed by atoms with E-state index in [1.165, 1.54) is 19.1 Å². The number of benzene rings is 1. The van der Waals surface area contributed by atoms with E-state index >= 15 is 0 Å². The van der Waals surface area contributed by atoms with Crippen LogP contribution >= 0.6 is 0 Å². The predicted octanol–water partition coefficient (Wildman–Crippen LogP) is 2.33. The third-order valence-electron chi connectivity index (χ3n) is 1.55. The normalized spacial score (nSPS) is 9.77. The van der Waals surface area contributed by atoms with Gasteiger partial charge in [0, 0.05) is 5.56 Å². The Hall–Kier alpha value is -1.45. The molecule has 0 spiro atoms. The molecule has 70 valence electrons. The van der Waals surface area contributed by atoms with Gasteiger partial charge in [-0.25, -0.2) is 8.78 Å². The van der Waals surface area contributed by atoms with Gasteiger partial charge in [0.05, 0.1) is 0 Å². The van der Waals surface area contributed by atoms with Gasteiger partial charge in [0.15, 0.2) is 17.3 Å². The van der Waals surface area contributed by atoms with E-state index in [1.54, 1.807) is 0 Å². The number of carbonyl (C=O) groups is 1. The van der Waals surface area contributed by atoms with Crippen molar-refractivity contribution in [3.8, 4) is 5.75 Å². The van der Waals surface area contributed by atoms with Gasteiger partial charge in [0.25, 0.3) is 0 Å². The average molecular weight is 186 g/mol. The molecule has 0 aromatic heterocycles. The Morgan fingerprint density at radius 2 is 2.23 bits per heavy atom. The Balaban J connectivity index is 3.03. The zero-order chi connectivity index (χ0) is 9.84. The van der Waals surface area contributed by atoms with Gasteiger partial charge < -0.3 is 4.74 Å². The van der Waals surface area contributed by atoms with Crippen LogP contribution < -0.4 is 4.74 Å². The molecule has 0 saturated carbocycles. The zero-order valence-electron chi connectivity index (χ0n) is 7.01. The molecule has 0 radical (unpaired) electrons. The molecule has 0 fully saturated rings. The number of hydrogen-bond donors (Lipinski definition) is 0. The molecule has 1 aromatic rings. The van der Waals surface area contributed by atoms with Crippen LogP contribution in [0.4, 0.5) is 8.78 Å². The summed E-state index contributed by atoms with van der Waals surface area (Å²) < 4.78 is 28.9. The second-order valence-corrected chi connectivity index (χ2v) is 2.45. The predicted molar refractivity (Wildman–Crippen MR) is 43.0 cm³/mol. The first-order chi connectivity index (χ1) is 6.15. The lowest BCUT2D eigenvalue weighted by atomic mass is 10.1. The lowest BCUT2D eigenvalue weighted by molar-refractivity contribution is 0.101. The van der Waals surface area contributed by atoms with E-state index < -0.39 is 12.7 Å². The van der Waals surface area contributed by atoms with Gasteiger partial charge in [-0.05, 0) is 25.1 Å². The molecule has 4 heteroatoms. The van der Waals surface area contributed by atoms with Crippen molar-refractivity contribution >= 4 is 5.78 Å². The van der Waals surface area contributed by atoms with Crippen molar-refractivity contribution in [1.82, 2.24) is 0 Å². The van der Waals surface area contributed by atoms with E-state index in [0.29, 0.717) is 5.56 Å². The molecule has 0 atom stereocenters.